The Morgan fingerprint density at radius 2 is 2.00 bits per heavy atom. The van der Waals surface area contributed by atoms with Crippen LogP contribution >= 0.6 is 0 Å². The summed E-state index contributed by atoms with van der Waals surface area (Å²) in [7, 11) is 1.53. The van der Waals surface area contributed by atoms with Crippen LogP contribution < -0.4 is 10.5 Å². The second-order valence-corrected chi connectivity index (χ2v) is 3.94. The number of benzene rings is 1. The SMILES string of the molecule is CCOC(=O)c1cnc(-c2cccc(N)c2OC)nc1. The molecule has 0 aliphatic carbocycles. The minimum absolute atomic E-state index is 0.304. The van der Waals surface area contributed by atoms with E-state index >= 15 is 0 Å². The van der Waals surface area contributed by atoms with Crippen LogP contribution in [0.15, 0.2) is 30.6 Å². The molecule has 0 spiro atoms. The fourth-order valence-corrected chi connectivity index (χ4v) is 1.75. The van der Waals surface area contributed by atoms with Gasteiger partial charge in [0.25, 0.3) is 0 Å². The minimum atomic E-state index is -0.446. The van der Waals surface area contributed by atoms with Gasteiger partial charge in [0.1, 0.15) is 0 Å². The first-order valence-corrected chi connectivity index (χ1v) is 6.09. The first-order chi connectivity index (χ1) is 9.67. The summed E-state index contributed by atoms with van der Waals surface area (Å²) >= 11 is 0. The zero-order chi connectivity index (χ0) is 14.5. The molecule has 0 atom stereocenters. The molecule has 0 aliphatic rings. The Morgan fingerprint density at radius 3 is 2.60 bits per heavy atom. The Bertz CT molecular complexity index is 612. The molecule has 0 bridgehead atoms. The van der Waals surface area contributed by atoms with E-state index in [0.29, 0.717) is 35.0 Å². The number of nitrogens with two attached hydrogens (primary N) is 1. The lowest BCUT2D eigenvalue weighted by Crippen LogP contribution is -2.06. The monoisotopic (exact) mass is 273 g/mol. The lowest BCUT2D eigenvalue weighted by Gasteiger charge is -2.09. The maximum Gasteiger partial charge on any atom is 0.341 e. The molecule has 0 radical (unpaired) electrons. The van der Waals surface area contributed by atoms with Gasteiger partial charge in [-0.05, 0) is 19.1 Å². The highest BCUT2D eigenvalue weighted by molar-refractivity contribution is 5.88. The zero-order valence-electron chi connectivity index (χ0n) is 11.3. The molecule has 104 valence electrons. The number of hydrogen-bond donors (Lipinski definition) is 1. The Hall–Kier alpha value is -2.63. The van der Waals surface area contributed by atoms with Gasteiger partial charge in [-0.2, -0.15) is 0 Å². The average Bonchev–Trinajstić information content (AvgIpc) is 2.47. The highest BCUT2D eigenvalue weighted by atomic mass is 16.5. The molecule has 0 fully saturated rings. The van der Waals surface area contributed by atoms with E-state index in [1.165, 1.54) is 19.5 Å². The van der Waals surface area contributed by atoms with Crippen molar-refractivity contribution in [2.24, 2.45) is 0 Å². The van der Waals surface area contributed by atoms with Gasteiger partial charge in [0.05, 0.1) is 30.5 Å². The number of aromatic nitrogens is 2. The molecule has 0 unspecified atom stereocenters. The van der Waals surface area contributed by atoms with E-state index < -0.39 is 5.97 Å². The molecule has 1 aromatic heterocycles. The summed E-state index contributed by atoms with van der Waals surface area (Å²) in [6, 6.07) is 5.32. The van der Waals surface area contributed by atoms with Crippen LogP contribution in [0.1, 0.15) is 17.3 Å². The van der Waals surface area contributed by atoms with E-state index in [-0.39, 0.29) is 0 Å². The number of nitrogen functional groups attached to an aromatic ring is 1. The van der Waals surface area contributed by atoms with E-state index in [1.807, 2.05) is 0 Å². The fourth-order valence-electron chi connectivity index (χ4n) is 1.75. The Balaban J connectivity index is 2.35. The van der Waals surface area contributed by atoms with Gasteiger partial charge in [0, 0.05) is 12.4 Å². The molecule has 2 aromatic rings. The van der Waals surface area contributed by atoms with Gasteiger partial charge in [-0.15, -0.1) is 0 Å². The van der Waals surface area contributed by atoms with Gasteiger partial charge in [-0.25, -0.2) is 14.8 Å². The van der Waals surface area contributed by atoms with Gasteiger partial charge in [0.15, 0.2) is 11.6 Å². The predicted molar refractivity (Wildman–Crippen MR) is 74.4 cm³/mol. The Kier molecular flexibility index (Phi) is 4.14. The molecule has 0 saturated heterocycles. The molecular weight excluding hydrogens is 258 g/mol. The van der Waals surface area contributed by atoms with Crippen molar-refractivity contribution in [3.05, 3.63) is 36.2 Å². The lowest BCUT2D eigenvalue weighted by molar-refractivity contribution is 0.0525. The normalized spacial score (nSPS) is 10.1. The first kappa shape index (κ1) is 13.8. The number of rotatable bonds is 4. The molecule has 1 aromatic carbocycles. The van der Waals surface area contributed by atoms with Crippen molar-refractivity contribution >= 4 is 11.7 Å². The molecule has 0 saturated carbocycles. The third-order valence-corrected chi connectivity index (χ3v) is 2.65. The maximum atomic E-state index is 11.5. The van der Waals surface area contributed by atoms with Crippen molar-refractivity contribution in [1.29, 1.82) is 0 Å². The lowest BCUT2D eigenvalue weighted by atomic mass is 10.1. The summed E-state index contributed by atoms with van der Waals surface area (Å²) in [5, 5.41) is 0. The summed E-state index contributed by atoms with van der Waals surface area (Å²) in [6.07, 6.45) is 2.84. The maximum absolute atomic E-state index is 11.5. The number of nitrogens with zero attached hydrogens (tertiary/aromatic N) is 2. The minimum Gasteiger partial charge on any atom is -0.494 e. The molecule has 1 heterocycles. The van der Waals surface area contributed by atoms with Crippen molar-refractivity contribution in [2.45, 2.75) is 6.92 Å². The second-order valence-electron chi connectivity index (χ2n) is 3.94. The van der Waals surface area contributed by atoms with Crippen LogP contribution in [0.25, 0.3) is 11.4 Å². The van der Waals surface area contributed by atoms with Crippen LogP contribution in [-0.4, -0.2) is 29.7 Å². The van der Waals surface area contributed by atoms with Gasteiger partial charge < -0.3 is 15.2 Å². The molecule has 0 aliphatic heterocycles. The van der Waals surface area contributed by atoms with Crippen molar-refractivity contribution in [3.8, 4) is 17.1 Å². The van der Waals surface area contributed by atoms with Crippen molar-refractivity contribution in [3.63, 3.8) is 0 Å². The molecule has 6 heteroatoms. The standard InChI is InChI=1S/C14H15N3O3/c1-3-20-14(18)9-7-16-13(17-8-9)10-5-4-6-11(15)12(10)19-2/h4-8H,3,15H2,1-2H3. The van der Waals surface area contributed by atoms with Gasteiger partial charge in [0.2, 0.25) is 0 Å². The van der Waals surface area contributed by atoms with Crippen LogP contribution in [0.5, 0.6) is 5.75 Å². The van der Waals surface area contributed by atoms with E-state index in [2.05, 4.69) is 9.97 Å². The number of methoxy groups -OCH3 is 1. The summed E-state index contributed by atoms with van der Waals surface area (Å²) in [5.74, 6) is 0.497. The number of carbonyl (C=O) groups excluding carboxylic acids is 1. The molecule has 2 N–H and O–H groups in total. The van der Waals surface area contributed by atoms with Crippen LogP contribution in [0.3, 0.4) is 0 Å². The van der Waals surface area contributed by atoms with Crippen LogP contribution in [0, 0.1) is 0 Å². The van der Waals surface area contributed by atoms with Crippen LogP contribution in [0.2, 0.25) is 0 Å². The molecule has 6 nitrogen and oxygen atoms in total. The Morgan fingerprint density at radius 1 is 1.30 bits per heavy atom. The molecule has 2 rings (SSSR count). The molecular formula is C14H15N3O3. The highest BCUT2D eigenvalue weighted by Crippen LogP contribution is 2.32. The third kappa shape index (κ3) is 2.69. The van der Waals surface area contributed by atoms with Crippen LogP contribution in [-0.2, 0) is 4.74 Å². The van der Waals surface area contributed by atoms with Gasteiger partial charge in [-0.1, -0.05) is 6.07 Å². The summed E-state index contributed by atoms with van der Waals surface area (Å²) in [5.41, 5.74) is 7.31. The second kappa shape index (κ2) is 6.01. The molecule has 0 amide bonds. The van der Waals surface area contributed by atoms with Gasteiger partial charge >= 0.3 is 5.97 Å². The summed E-state index contributed by atoms with van der Waals surface area (Å²) in [4.78, 5) is 19.8. The number of carbonyl (C=O) groups is 1. The van der Waals surface area contributed by atoms with E-state index in [1.54, 1.807) is 25.1 Å². The van der Waals surface area contributed by atoms with Crippen molar-refractivity contribution < 1.29 is 14.3 Å². The number of anilines is 1. The highest BCUT2D eigenvalue weighted by Gasteiger charge is 2.13. The number of ether oxygens (including phenoxy) is 2. The quantitative estimate of drug-likeness (QED) is 0.676. The third-order valence-electron chi connectivity index (χ3n) is 2.65. The summed E-state index contributed by atoms with van der Waals surface area (Å²) < 4.78 is 10.1. The fraction of sp³-hybridized carbons (Fsp3) is 0.214. The number of esters is 1. The first-order valence-electron chi connectivity index (χ1n) is 6.09. The van der Waals surface area contributed by atoms with Crippen molar-refractivity contribution in [2.75, 3.05) is 19.5 Å². The van der Waals surface area contributed by atoms with Crippen molar-refractivity contribution in [1.82, 2.24) is 9.97 Å². The molecule has 20 heavy (non-hydrogen) atoms. The van der Waals surface area contributed by atoms with E-state index in [0.717, 1.165) is 0 Å². The topological polar surface area (TPSA) is 87.3 Å². The summed E-state index contributed by atoms with van der Waals surface area (Å²) in [6.45, 7) is 2.05. The van der Waals surface area contributed by atoms with Crippen LogP contribution in [0.4, 0.5) is 5.69 Å². The van der Waals surface area contributed by atoms with Gasteiger partial charge in [-0.3, -0.25) is 0 Å². The number of para-hydroxylation sites is 1. The Labute approximate surface area is 116 Å². The largest absolute Gasteiger partial charge is 0.494 e. The number of hydrogen-bond acceptors (Lipinski definition) is 6. The van der Waals surface area contributed by atoms with E-state index in [4.69, 9.17) is 15.2 Å². The smallest absolute Gasteiger partial charge is 0.341 e. The van der Waals surface area contributed by atoms with E-state index in [9.17, 15) is 4.79 Å². The average molecular weight is 273 g/mol. The zero-order valence-corrected chi connectivity index (χ0v) is 11.3. The predicted octanol–water partition coefficient (Wildman–Crippen LogP) is 1.91.